The smallest absolute Gasteiger partial charge is 0.342 e. The zero-order chi connectivity index (χ0) is 19.9. The van der Waals surface area contributed by atoms with E-state index < -0.39 is 5.97 Å². The third-order valence-electron chi connectivity index (χ3n) is 3.77. The maximum absolute atomic E-state index is 13.0. The number of carboxylic acids is 1. The molecule has 0 unspecified atom stereocenters. The molecule has 28 heavy (non-hydrogen) atoms. The summed E-state index contributed by atoms with van der Waals surface area (Å²) in [5.41, 5.74) is 1.42. The topological polar surface area (TPSA) is 88.1 Å². The standard InChI is InChI=1S/C20H18FN3O3S/c1-2-18-22-20(24-23-18)28-17(19(25)26)11-14-5-3-4-6-16(14)27-12-13-7-9-15(21)10-8-13/h3-11H,2,12H2,1H3,(H,25,26)(H,22,23,24)/b17-11-. The first kappa shape index (κ1) is 19.6. The normalized spacial score (nSPS) is 11.4. The molecule has 8 heteroatoms. The van der Waals surface area contributed by atoms with Gasteiger partial charge in [-0.1, -0.05) is 37.3 Å². The van der Waals surface area contributed by atoms with Gasteiger partial charge in [0.15, 0.2) is 0 Å². The molecule has 0 saturated heterocycles. The summed E-state index contributed by atoms with van der Waals surface area (Å²) in [6.07, 6.45) is 2.20. The van der Waals surface area contributed by atoms with Gasteiger partial charge in [0.25, 0.3) is 0 Å². The largest absolute Gasteiger partial charge is 0.488 e. The summed E-state index contributed by atoms with van der Waals surface area (Å²) in [6, 6.07) is 13.1. The highest BCUT2D eigenvalue weighted by molar-refractivity contribution is 8.04. The van der Waals surface area contributed by atoms with Crippen LogP contribution in [0.3, 0.4) is 0 Å². The number of hydrogen-bond acceptors (Lipinski definition) is 5. The van der Waals surface area contributed by atoms with Crippen LogP contribution >= 0.6 is 11.8 Å². The van der Waals surface area contributed by atoms with Crippen LogP contribution in [0.4, 0.5) is 4.39 Å². The van der Waals surface area contributed by atoms with Gasteiger partial charge in [-0.05, 0) is 41.6 Å². The number of benzene rings is 2. The molecule has 3 aromatic rings. The number of ether oxygens (including phenoxy) is 1. The van der Waals surface area contributed by atoms with Crippen molar-refractivity contribution in [2.24, 2.45) is 0 Å². The van der Waals surface area contributed by atoms with Gasteiger partial charge in [-0.25, -0.2) is 14.2 Å². The Kier molecular flexibility index (Phi) is 6.44. The summed E-state index contributed by atoms with van der Waals surface area (Å²) >= 11 is 0.963. The molecule has 1 heterocycles. The number of H-pyrrole nitrogens is 1. The molecule has 0 bridgehead atoms. The molecule has 2 aromatic carbocycles. The van der Waals surface area contributed by atoms with E-state index >= 15 is 0 Å². The van der Waals surface area contributed by atoms with Gasteiger partial charge in [-0.15, -0.1) is 5.10 Å². The van der Waals surface area contributed by atoms with Gasteiger partial charge in [0.1, 0.15) is 28.9 Å². The van der Waals surface area contributed by atoms with Crippen molar-refractivity contribution < 1.29 is 19.0 Å². The number of carboxylic acid groups (broad SMARTS) is 1. The number of carbonyl (C=O) groups is 1. The number of thioether (sulfide) groups is 1. The zero-order valence-electron chi connectivity index (χ0n) is 15.1. The second-order valence-electron chi connectivity index (χ2n) is 5.79. The molecule has 0 spiro atoms. The Bertz CT molecular complexity index is 986. The summed E-state index contributed by atoms with van der Waals surface area (Å²) in [5, 5.41) is 16.7. The summed E-state index contributed by atoms with van der Waals surface area (Å²) in [5.74, 6) is -0.180. The number of aryl methyl sites for hydroxylation is 1. The molecule has 0 atom stereocenters. The Labute approximate surface area is 165 Å². The molecule has 0 fully saturated rings. The lowest BCUT2D eigenvalue weighted by Crippen LogP contribution is -2.00. The summed E-state index contributed by atoms with van der Waals surface area (Å²) in [6.45, 7) is 2.17. The molecule has 0 amide bonds. The van der Waals surface area contributed by atoms with Gasteiger partial charge in [0.2, 0.25) is 5.16 Å². The number of hydrogen-bond donors (Lipinski definition) is 2. The third-order valence-corrected chi connectivity index (χ3v) is 4.65. The Morgan fingerprint density at radius 1 is 1.25 bits per heavy atom. The molecule has 0 aliphatic carbocycles. The highest BCUT2D eigenvalue weighted by Crippen LogP contribution is 2.29. The molecule has 0 aliphatic heterocycles. The van der Waals surface area contributed by atoms with Gasteiger partial charge in [0.05, 0.1) is 0 Å². The number of rotatable bonds is 8. The SMILES string of the molecule is CCc1nc(S/C(=C\c2ccccc2OCc2ccc(F)cc2)C(=O)O)n[nH]1. The molecule has 6 nitrogen and oxygen atoms in total. The number of para-hydroxylation sites is 1. The fourth-order valence-corrected chi connectivity index (χ4v) is 3.05. The van der Waals surface area contributed by atoms with Crippen molar-refractivity contribution in [2.75, 3.05) is 0 Å². The van der Waals surface area contributed by atoms with Crippen LogP contribution in [-0.2, 0) is 17.8 Å². The molecule has 2 N–H and O–H groups in total. The van der Waals surface area contributed by atoms with Crippen LogP contribution < -0.4 is 4.74 Å². The minimum absolute atomic E-state index is 0.0690. The second-order valence-corrected chi connectivity index (χ2v) is 6.80. The van der Waals surface area contributed by atoms with Crippen LogP contribution in [-0.4, -0.2) is 26.3 Å². The predicted octanol–water partition coefficient (Wildman–Crippen LogP) is 4.30. The van der Waals surface area contributed by atoms with E-state index in [0.29, 0.717) is 28.7 Å². The van der Waals surface area contributed by atoms with Crippen LogP contribution in [0.15, 0.2) is 58.6 Å². The predicted molar refractivity (Wildman–Crippen MR) is 104 cm³/mol. The van der Waals surface area contributed by atoms with Crippen molar-refractivity contribution in [3.8, 4) is 5.75 Å². The van der Waals surface area contributed by atoms with E-state index in [4.69, 9.17) is 4.74 Å². The Balaban J connectivity index is 1.80. The van der Waals surface area contributed by atoms with Gasteiger partial charge in [0, 0.05) is 12.0 Å². The van der Waals surface area contributed by atoms with Crippen LogP contribution in [0, 0.1) is 5.82 Å². The lowest BCUT2D eigenvalue weighted by atomic mass is 10.2. The molecule has 0 saturated carbocycles. The van der Waals surface area contributed by atoms with E-state index in [0.717, 1.165) is 17.3 Å². The number of nitrogens with one attached hydrogen (secondary N) is 1. The zero-order valence-corrected chi connectivity index (χ0v) is 15.9. The van der Waals surface area contributed by atoms with Gasteiger partial charge in [-0.3, -0.25) is 5.10 Å². The maximum atomic E-state index is 13.0. The fourth-order valence-electron chi connectivity index (χ4n) is 2.33. The minimum atomic E-state index is -1.08. The Morgan fingerprint density at radius 2 is 2.00 bits per heavy atom. The van der Waals surface area contributed by atoms with E-state index in [2.05, 4.69) is 15.2 Å². The number of nitrogens with zero attached hydrogens (tertiary/aromatic N) is 2. The number of aromatic nitrogens is 3. The summed E-state index contributed by atoms with van der Waals surface area (Å²) in [4.78, 5) is 16.0. The van der Waals surface area contributed by atoms with Gasteiger partial charge >= 0.3 is 5.97 Å². The van der Waals surface area contributed by atoms with Crippen molar-refractivity contribution >= 4 is 23.8 Å². The highest BCUT2D eigenvalue weighted by atomic mass is 32.2. The Morgan fingerprint density at radius 3 is 2.68 bits per heavy atom. The van der Waals surface area contributed by atoms with Crippen LogP contribution in [0.1, 0.15) is 23.9 Å². The molecular formula is C20H18FN3O3S. The van der Waals surface area contributed by atoms with Crippen LogP contribution in [0.25, 0.3) is 6.08 Å². The van der Waals surface area contributed by atoms with Gasteiger partial charge in [-0.2, -0.15) is 0 Å². The van der Waals surface area contributed by atoms with E-state index in [1.54, 1.807) is 36.4 Å². The first-order valence-corrected chi connectivity index (χ1v) is 9.37. The van der Waals surface area contributed by atoms with Crippen molar-refractivity contribution in [2.45, 2.75) is 25.1 Å². The number of aromatic amines is 1. The average molecular weight is 399 g/mol. The highest BCUT2D eigenvalue weighted by Gasteiger charge is 2.14. The molecule has 1 aromatic heterocycles. The lowest BCUT2D eigenvalue weighted by molar-refractivity contribution is -0.131. The van der Waals surface area contributed by atoms with Gasteiger partial charge < -0.3 is 9.84 Å². The van der Waals surface area contributed by atoms with Crippen molar-refractivity contribution in [3.05, 3.63) is 76.2 Å². The molecule has 144 valence electrons. The summed E-state index contributed by atoms with van der Waals surface area (Å²) < 4.78 is 18.8. The van der Waals surface area contributed by atoms with Crippen molar-refractivity contribution in [3.63, 3.8) is 0 Å². The van der Waals surface area contributed by atoms with E-state index in [-0.39, 0.29) is 17.3 Å². The molecular weight excluding hydrogens is 381 g/mol. The van der Waals surface area contributed by atoms with E-state index in [9.17, 15) is 14.3 Å². The molecule has 0 radical (unpaired) electrons. The first-order chi connectivity index (χ1) is 13.5. The molecule has 0 aliphatic rings. The average Bonchev–Trinajstić information content (AvgIpc) is 3.15. The molecule has 3 rings (SSSR count). The third kappa shape index (κ3) is 5.20. The first-order valence-electron chi connectivity index (χ1n) is 8.55. The van der Waals surface area contributed by atoms with E-state index in [1.165, 1.54) is 18.2 Å². The van der Waals surface area contributed by atoms with Crippen molar-refractivity contribution in [1.29, 1.82) is 0 Å². The minimum Gasteiger partial charge on any atom is -0.488 e. The lowest BCUT2D eigenvalue weighted by Gasteiger charge is -2.10. The van der Waals surface area contributed by atoms with Crippen molar-refractivity contribution in [1.82, 2.24) is 15.2 Å². The van der Waals surface area contributed by atoms with Crippen LogP contribution in [0.5, 0.6) is 5.75 Å². The Hall–Kier alpha value is -3.13. The van der Waals surface area contributed by atoms with E-state index in [1.807, 2.05) is 6.92 Å². The quantitative estimate of drug-likeness (QED) is 0.434. The monoisotopic (exact) mass is 399 g/mol. The maximum Gasteiger partial charge on any atom is 0.342 e. The summed E-state index contributed by atoms with van der Waals surface area (Å²) in [7, 11) is 0. The fraction of sp³-hybridized carbons (Fsp3) is 0.150. The number of aliphatic carboxylic acids is 1. The number of halogens is 1. The van der Waals surface area contributed by atoms with Crippen LogP contribution in [0.2, 0.25) is 0 Å². The second kappa shape index (κ2) is 9.18.